The molecule has 0 bridgehead atoms. The molecule has 1 fully saturated rings. The summed E-state index contributed by atoms with van der Waals surface area (Å²) in [6, 6.07) is 20.0. The average Bonchev–Trinajstić information content (AvgIpc) is 2.75. The van der Waals surface area contributed by atoms with Crippen LogP contribution < -0.4 is 4.90 Å². The van der Waals surface area contributed by atoms with Crippen molar-refractivity contribution in [3.8, 4) is 0 Å². The first-order chi connectivity index (χ1) is 13.7. The molecule has 3 heteroatoms. The minimum Gasteiger partial charge on any atom is -0.378 e. The van der Waals surface area contributed by atoms with Crippen molar-refractivity contribution in [2.24, 2.45) is 0 Å². The highest BCUT2D eigenvalue weighted by atomic mass is 16.5. The molecule has 4 rings (SSSR count). The van der Waals surface area contributed by atoms with Gasteiger partial charge in [-0.05, 0) is 43.8 Å². The van der Waals surface area contributed by atoms with E-state index < -0.39 is 0 Å². The lowest BCUT2D eigenvalue weighted by Gasteiger charge is -2.45. The predicted molar refractivity (Wildman–Crippen MR) is 117 cm³/mol. The molecule has 0 amide bonds. The zero-order chi connectivity index (χ0) is 19.4. The second-order valence-electron chi connectivity index (χ2n) is 7.96. The Morgan fingerprint density at radius 1 is 0.964 bits per heavy atom. The summed E-state index contributed by atoms with van der Waals surface area (Å²) in [6.45, 7) is 3.58. The minimum atomic E-state index is -0.0728. The smallest absolute Gasteiger partial charge is 0.0642 e. The van der Waals surface area contributed by atoms with Gasteiger partial charge in [-0.15, -0.1) is 0 Å². The molecule has 2 atom stereocenters. The Kier molecular flexibility index (Phi) is 5.65. The number of morpholine rings is 1. The number of hydrogen-bond donors (Lipinski definition) is 0. The normalized spacial score (nSPS) is 24.7. The zero-order valence-corrected chi connectivity index (χ0v) is 16.9. The van der Waals surface area contributed by atoms with Crippen molar-refractivity contribution in [2.45, 2.75) is 17.9 Å². The topological polar surface area (TPSA) is 15.7 Å². The third kappa shape index (κ3) is 3.78. The third-order valence-electron chi connectivity index (χ3n) is 6.13. The van der Waals surface area contributed by atoms with Crippen LogP contribution in [0.3, 0.4) is 0 Å². The molecule has 0 N–H and O–H groups in total. The molecule has 2 aliphatic rings. The second-order valence-corrected chi connectivity index (χ2v) is 7.96. The summed E-state index contributed by atoms with van der Waals surface area (Å²) < 4.78 is 5.49. The van der Waals surface area contributed by atoms with Gasteiger partial charge in [0.15, 0.2) is 0 Å². The molecule has 146 valence electrons. The average molecular weight is 375 g/mol. The van der Waals surface area contributed by atoms with Crippen molar-refractivity contribution in [3.63, 3.8) is 0 Å². The fraction of sp³-hybridized carbons (Fsp3) is 0.360. The molecule has 1 heterocycles. The van der Waals surface area contributed by atoms with E-state index in [4.69, 9.17) is 4.74 Å². The van der Waals surface area contributed by atoms with Crippen LogP contribution in [0.25, 0.3) is 0 Å². The lowest BCUT2D eigenvalue weighted by Crippen LogP contribution is -2.49. The van der Waals surface area contributed by atoms with E-state index in [-0.39, 0.29) is 5.54 Å². The van der Waals surface area contributed by atoms with E-state index in [0.717, 1.165) is 32.7 Å². The van der Waals surface area contributed by atoms with Crippen molar-refractivity contribution >= 4 is 5.69 Å². The second kappa shape index (κ2) is 8.34. The highest BCUT2D eigenvalue weighted by Crippen LogP contribution is 2.40. The maximum atomic E-state index is 5.49. The van der Waals surface area contributed by atoms with Gasteiger partial charge in [-0.1, -0.05) is 66.8 Å². The van der Waals surface area contributed by atoms with Crippen LogP contribution >= 0.6 is 0 Å². The molecular weight excluding hydrogens is 344 g/mol. The minimum absolute atomic E-state index is 0.0728. The SMILES string of the molecule is CN(C)C1(Cc2ccccc2)C=CC=CC1c1ccc(N2CCOCC2)cc1. The summed E-state index contributed by atoms with van der Waals surface area (Å²) in [6.07, 6.45) is 10.1. The lowest BCUT2D eigenvalue weighted by molar-refractivity contribution is 0.122. The van der Waals surface area contributed by atoms with Crippen molar-refractivity contribution < 1.29 is 4.74 Å². The summed E-state index contributed by atoms with van der Waals surface area (Å²) >= 11 is 0. The number of allylic oxidation sites excluding steroid dienone is 2. The number of hydrogen-bond acceptors (Lipinski definition) is 3. The summed E-state index contributed by atoms with van der Waals surface area (Å²) in [4.78, 5) is 4.79. The molecule has 0 radical (unpaired) electrons. The van der Waals surface area contributed by atoms with Gasteiger partial charge in [0.05, 0.1) is 18.8 Å². The molecule has 2 aromatic rings. The Hall–Kier alpha value is -2.36. The van der Waals surface area contributed by atoms with E-state index in [9.17, 15) is 0 Å². The molecular formula is C25H30N2O. The standard InChI is InChI=1S/C25H30N2O/c1-26(2)25(20-21-8-4-3-5-9-21)15-7-6-10-24(25)22-11-13-23(14-12-22)27-16-18-28-19-17-27/h3-15,24H,16-20H2,1-2H3. The van der Waals surface area contributed by atoms with Crippen LogP contribution in [0.15, 0.2) is 78.9 Å². The largest absolute Gasteiger partial charge is 0.378 e. The number of ether oxygens (including phenoxy) is 1. The van der Waals surface area contributed by atoms with Gasteiger partial charge in [-0.2, -0.15) is 0 Å². The maximum Gasteiger partial charge on any atom is 0.0642 e. The first-order valence-corrected chi connectivity index (χ1v) is 10.2. The summed E-state index contributed by atoms with van der Waals surface area (Å²) in [5.41, 5.74) is 3.95. The van der Waals surface area contributed by atoms with Crippen LogP contribution in [0, 0.1) is 0 Å². The fourth-order valence-electron chi connectivity index (χ4n) is 4.46. The van der Waals surface area contributed by atoms with Crippen molar-refractivity contribution in [2.75, 3.05) is 45.3 Å². The predicted octanol–water partition coefficient (Wildman–Crippen LogP) is 4.28. The lowest BCUT2D eigenvalue weighted by atomic mass is 9.72. The maximum absolute atomic E-state index is 5.49. The Morgan fingerprint density at radius 2 is 1.68 bits per heavy atom. The number of likely N-dealkylation sites (N-methyl/N-ethyl adjacent to an activating group) is 1. The van der Waals surface area contributed by atoms with Gasteiger partial charge in [-0.3, -0.25) is 4.90 Å². The van der Waals surface area contributed by atoms with Crippen LogP contribution in [-0.4, -0.2) is 50.8 Å². The van der Waals surface area contributed by atoms with Gasteiger partial charge < -0.3 is 9.64 Å². The molecule has 1 aliphatic carbocycles. The van der Waals surface area contributed by atoms with E-state index in [2.05, 4.69) is 103 Å². The van der Waals surface area contributed by atoms with Gasteiger partial charge in [0.1, 0.15) is 0 Å². The molecule has 2 unspecified atom stereocenters. The van der Waals surface area contributed by atoms with Crippen LogP contribution in [0.5, 0.6) is 0 Å². The molecule has 3 nitrogen and oxygen atoms in total. The number of nitrogens with zero attached hydrogens (tertiary/aromatic N) is 2. The number of rotatable bonds is 5. The van der Waals surface area contributed by atoms with E-state index in [1.54, 1.807) is 0 Å². The summed E-state index contributed by atoms with van der Waals surface area (Å²) in [5.74, 6) is 0.312. The molecule has 1 saturated heterocycles. The first kappa shape index (κ1) is 19.0. The van der Waals surface area contributed by atoms with Gasteiger partial charge >= 0.3 is 0 Å². The Balaban J connectivity index is 1.63. The van der Waals surface area contributed by atoms with Crippen molar-refractivity contribution in [1.82, 2.24) is 4.90 Å². The van der Waals surface area contributed by atoms with Gasteiger partial charge in [0.2, 0.25) is 0 Å². The quantitative estimate of drug-likeness (QED) is 0.777. The van der Waals surface area contributed by atoms with Crippen LogP contribution in [-0.2, 0) is 11.2 Å². The Bertz CT molecular complexity index is 819. The monoisotopic (exact) mass is 374 g/mol. The van der Waals surface area contributed by atoms with Gasteiger partial charge in [0, 0.05) is 24.7 Å². The molecule has 0 saturated carbocycles. The van der Waals surface area contributed by atoms with Crippen molar-refractivity contribution in [3.05, 3.63) is 90.0 Å². The third-order valence-corrected chi connectivity index (χ3v) is 6.13. The van der Waals surface area contributed by atoms with E-state index >= 15 is 0 Å². The summed E-state index contributed by atoms with van der Waals surface area (Å²) in [5, 5.41) is 0. The molecule has 2 aromatic carbocycles. The van der Waals surface area contributed by atoms with Crippen molar-refractivity contribution in [1.29, 1.82) is 0 Å². The van der Waals surface area contributed by atoms with E-state index in [0.29, 0.717) is 5.92 Å². The highest BCUT2D eigenvalue weighted by Gasteiger charge is 2.39. The van der Waals surface area contributed by atoms with Crippen LogP contribution in [0.1, 0.15) is 17.0 Å². The Labute approximate surface area is 168 Å². The van der Waals surface area contributed by atoms with Gasteiger partial charge in [0.25, 0.3) is 0 Å². The fourth-order valence-corrected chi connectivity index (χ4v) is 4.46. The number of benzene rings is 2. The van der Waals surface area contributed by atoms with E-state index in [1.807, 2.05) is 0 Å². The zero-order valence-electron chi connectivity index (χ0n) is 16.9. The van der Waals surface area contributed by atoms with Gasteiger partial charge in [-0.25, -0.2) is 0 Å². The Morgan fingerprint density at radius 3 is 2.36 bits per heavy atom. The first-order valence-electron chi connectivity index (χ1n) is 10.2. The molecule has 0 spiro atoms. The molecule has 1 aliphatic heterocycles. The van der Waals surface area contributed by atoms with Crippen LogP contribution in [0.4, 0.5) is 5.69 Å². The number of anilines is 1. The van der Waals surface area contributed by atoms with E-state index in [1.165, 1.54) is 16.8 Å². The summed E-state index contributed by atoms with van der Waals surface area (Å²) in [7, 11) is 4.39. The highest BCUT2D eigenvalue weighted by molar-refractivity contribution is 5.50. The van der Waals surface area contributed by atoms with Crippen LogP contribution in [0.2, 0.25) is 0 Å². The molecule has 0 aromatic heterocycles. The molecule has 28 heavy (non-hydrogen) atoms.